The van der Waals surface area contributed by atoms with Crippen LogP contribution in [0.4, 0.5) is 0 Å². The lowest BCUT2D eigenvalue weighted by Gasteiger charge is -2.20. The lowest BCUT2D eigenvalue weighted by atomic mass is 9.94. The van der Waals surface area contributed by atoms with Crippen LogP contribution in [0, 0.1) is 0 Å². The summed E-state index contributed by atoms with van der Waals surface area (Å²) >= 11 is 0. The van der Waals surface area contributed by atoms with Gasteiger partial charge in [0.1, 0.15) is 0 Å². The van der Waals surface area contributed by atoms with E-state index >= 15 is 0 Å². The molecule has 0 amide bonds. The smallest absolute Gasteiger partial charge is 0.340 e. The molecule has 0 radical (unpaired) electrons. The lowest BCUT2D eigenvalue weighted by Crippen LogP contribution is -2.19. The number of hydrogen-bond acceptors (Lipinski definition) is 3. The van der Waals surface area contributed by atoms with Gasteiger partial charge in [-0.05, 0) is 35.6 Å². The molecule has 3 nitrogen and oxygen atoms in total. The molecule has 1 aliphatic rings. The third-order valence-corrected chi connectivity index (χ3v) is 4.55. The summed E-state index contributed by atoms with van der Waals surface area (Å²) in [6.07, 6.45) is 2.76. The third-order valence-electron chi connectivity index (χ3n) is 4.55. The number of likely N-dealkylation sites (N-methyl/N-ethyl adjacent to an activating group) is 1. The van der Waals surface area contributed by atoms with Gasteiger partial charge in [0.15, 0.2) is 0 Å². The van der Waals surface area contributed by atoms with Crippen molar-refractivity contribution in [2.45, 2.75) is 13.3 Å². The van der Waals surface area contributed by atoms with Crippen molar-refractivity contribution in [2.24, 2.45) is 0 Å². The molecular formula is C23H23NO2. The van der Waals surface area contributed by atoms with E-state index in [0.29, 0.717) is 5.57 Å². The number of ether oxygens (including phenoxy) is 1. The van der Waals surface area contributed by atoms with Crippen LogP contribution in [0.25, 0.3) is 11.1 Å². The Morgan fingerprint density at radius 3 is 2.50 bits per heavy atom. The summed E-state index contributed by atoms with van der Waals surface area (Å²) in [5.74, 6) is -0.357. The maximum absolute atomic E-state index is 12.5. The summed E-state index contributed by atoms with van der Waals surface area (Å²) in [5, 5.41) is 0. The van der Waals surface area contributed by atoms with Gasteiger partial charge in [0.2, 0.25) is 0 Å². The molecule has 1 heterocycles. The van der Waals surface area contributed by atoms with Gasteiger partial charge in [0.25, 0.3) is 0 Å². The van der Waals surface area contributed by atoms with Crippen LogP contribution in [-0.4, -0.2) is 31.6 Å². The van der Waals surface area contributed by atoms with Crippen molar-refractivity contribution >= 4 is 17.1 Å². The second-order valence-electron chi connectivity index (χ2n) is 6.41. The fourth-order valence-corrected chi connectivity index (χ4v) is 3.17. The van der Waals surface area contributed by atoms with Crippen molar-refractivity contribution < 1.29 is 9.53 Å². The fourth-order valence-electron chi connectivity index (χ4n) is 3.17. The summed E-state index contributed by atoms with van der Waals surface area (Å²) in [5.41, 5.74) is 9.15. The SMILES string of the molecule is COC(=O)/C1=C/N(C)CCc2ccccc2C(C)=C=C1c1ccccc1. The molecule has 2 aromatic rings. The number of nitrogens with zero attached hydrogens (tertiary/aromatic N) is 1. The van der Waals surface area contributed by atoms with Crippen LogP contribution in [0.3, 0.4) is 0 Å². The van der Waals surface area contributed by atoms with Crippen molar-refractivity contribution in [2.75, 3.05) is 20.7 Å². The Balaban J connectivity index is 2.33. The van der Waals surface area contributed by atoms with Crippen LogP contribution >= 0.6 is 0 Å². The van der Waals surface area contributed by atoms with Gasteiger partial charge in [-0.3, -0.25) is 0 Å². The second-order valence-corrected chi connectivity index (χ2v) is 6.41. The summed E-state index contributed by atoms with van der Waals surface area (Å²) in [6, 6.07) is 18.2. The lowest BCUT2D eigenvalue weighted by molar-refractivity contribution is -0.135. The average Bonchev–Trinajstić information content (AvgIpc) is 2.68. The van der Waals surface area contributed by atoms with E-state index in [1.54, 1.807) is 0 Å². The number of benzene rings is 2. The molecule has 0 fully saturated rings. The average molecular weight is 345 g/mol. The minimum absolute atomic E-state index is 0.357. The van der Waals surface area contributed by atoms with Gasteiger partial charge < -0.3 is 9.64 Å². The minimum Gasteiger partial charge on any atom is -0.465 e. The first-order valence-corrected chi connectivity index (χ1v) is 8.72. The molecule has 0 spiro atoms. The zero-order chi connectivity index (χ0) is 18.5. The molecule has 132 valence electrons. The molecule has 0 aromatic heterocycles. The highest BCUT2D eigenvalue weighted by Crippen LogP contribution is 2.28. The molecule has 3 rings (SSSR count). The van der Waals surface area contributed by atoms with E-state index in [1.807, 2.05) is 61.5 Å². The Morgan fingerprint density at radius 2 is 1.77 bits per heavy atom. The zero-order valence-corrected chi connectivity index (χ0v) is 15.5. The van der Waals surface area contributed by atoms with Gasteiger partial charge in [-0.15, -0.1) is 5.73 Å². The number of carbonyl (C=O) groups is 1. The number of carbonyl (C=O) groups excluding carboxylic acids is 1. The molecule has 0 saturated carbocycles. The Kier molecular flexibility index (Phi) is 5.40. The Labute approximate surface area is 154 Å². The first kappa shape index (κ1) is 17.8. The van der Waals surface area contributed by atoms with Crippen LogP contribution in [0.5, 0.6) is 0 Å². The highest BCUT2D eigenvalue weighted by Gasteiger charge is 2.19. The van der Waals surface area contributed by atoms with Gasteiger partial charge in [-0.2, -0.15) is 0 Å². The summed E-state index contributed by atoms with van der Waals surface area (Å²) < 4.78 is 5.06. The van der Waals surface area contributed by atoms with Crippen molar-refractivity contribution in [3.05, 3.63) is 88.8 Å². The normalized spacial score (nSPS) is 16.6. The Hall–Kier alpha value is -3.03. The van der Waals surface area contributed by atoms with Crippen molar-refractivity contribution in [1.29, 1.82) is 0 Å². The number of rotatable bonds is 2. The van der Waals surface area contributed by atoms with Gasteiger partial charge in [0.05, 0.1) is 12.7 Å². The quantitative estimate of drug-likeness (QED) is 0.600. The van der Waals surface area contributed by atoms with Crippen molar-refractivity contribution in [1.82, 2.24) is 4.90 Å². The molecule has 0 saturated heterocycles. The fraction of sp³-hybridized carbons (Fsp3) is 0.217. The van der Waals surface area contributed by atoms with E-state index in [9.17, 15) is 4.79 Å². The number of esters is 1. The van der Waals surface area contributed by atoms with Crippen LogP contribution in [-0.2, 0) is 16.0 Å². The number of hydrogen-bond donors (Lipinski definition) is 0. The molecule has 0 N–H and O–H groups in total. The summed E-state index contributed by atoms with van der Waals surface area (Å²) in [7, 11) is 3.39. The Bertz CT molecular complexity index is 903. The largest absolute Gasteiger partial charge is 0.465 e. The van der Waals surface area contributed by atoms with Crippen LogP contribution < -0.4 is 0 Å². The second kappa shape index (κ2) is 7.90. The monoisotopic (exact) mass is 345 g/mol. The first-order chi connectivity index (χ1) is 12.6. The first-order valence-electron chi connectivity index (χ1n) is 8.72. The zero-order valence-electron chi connectivity index (χ0n) is 15.5. The van der Waals surface area contributed by atoms with Crippen molar-refractivity contribution in [3.63, 3.8) is 0 Å². The van der Waals surface area contributed by atoms with E-state index in [2.05, 4.69) is 23.9 Å². The molecule has 0 atom stereocenters. The highest BCUT2D eigenvalue weighted by molar-refractivity contribution is 6.06. The molecule has 1 aliphatic heterocycles. The maximum atomic E-state index is 12.5. The van der Waals surface area contributed by atoms with Gasteiger partial charge >= 0.3 is 5.97 Å². The number of methoxy groups -OCH3 is 1. The molecule has 0 aliphatic carbocycles. The standard InChI is InChI=1S/C23H23NO2/c1-17-15-21(18-9-5-4-6-10-18)22(23(25)26-3)16-24(2)14-13-19-11-7-8-12-20(17)19/h4-12,16H,13-14H2,1-3H3/b22-16+. The van der Waals surface area contributed by atoms with Gasteiger partial charge in [-0.1, -0.05) is 54.6 Å². The molecule has 0 bridgehead atoms. The molecule has 3 heteroatoms. The topological polar surface area (TPSA) is 29.5 Å². The molecule has 2 aromatic carbocycles. The van der Waals surface area contributed by atoms with E-state index in [-0.39, 0.29) is 5.97 Å². The Morgan fingerprint density at radius 1 is 1.08 bits per heavy atom. The van der Waals surface area contributed by atoms with E-state index in [0.717, 1.165) is 29.7 Å². The van der Waals surface area contributed by atoms with E-state index in [1.165, 1.54) is 18.2 Å². The highest BCUT2D eigenvalue weighted by atomic mass is 16.5. The van der Waals surface area contributed by atoms with E-state index < -0.39 is 0 Å². The van der Waals surface area contributed by atoms with E-state index in [4.69, 9.17) is 4.74 Å². The summed E-state index contributed by atoms with van der Waals surface area (Å²) in [6.45, 7) is 2.86. The number of fused-ring (bicyclic) bond motifs is 1. The molecule has 26 heavy (non-hydrogen) atoms. The van der Waals surface area contributed by atoms with Crippen molar-refractivity contribution in [3.8, 4) is 0 Å². The molecule has 0 unspecified atom stereocenters. The molecular weight excluding hydrogens is 322 g/mol. The van der Waals surface area contributed by atoms with Crippen LogP contribution in [0.2, 0.25) is 0 Å². The van der Waals surface area contributed by atoms with Crippen LogP contribution in [0.15, 0.2) is 72.1 Å². The summed E-state index contributed by atoms with van der Waals surface area (Å²) in [4.78, 5) is 14.6. The third kappa shape index (κ3) is 3.79. The van der Waals surface area contributed by atoms with Gasteiger partial charge in [0, 0.05) is 25.4 Å². The predicted molar refractivity (Wildman–Crippen MR) is 105 cm³/mol. The maximum Gasteiger partial charge on any atom is 0.340 e. The minimum atomic E-state index is -0.357. The van der Waals surface area contributed by atoms with Gasteiger partial charge in [-0.25, -0.2) is 4.79 Å². The predicted octanol–water partition coefficient (Wildman–Crippen LogP) is 4.32. The van der Waals surface area contributed by atoms with Crippen LogP contribution in [0.1, 0.15) is 23.6 Å².